The van der Waals surface area contributed by atoms with Gasteiger partial charge < -0.3 is 11.1 Å². The third kappa shape index (κ3) is 4.49. The van der Waals surface area contributed by atoms with Gasteiger partial charge in [-0.1, -0.05) is 13.8 Å². The van der Waals surface area contributed by atoms with E-state index in [1.54, 1.807) is 0 Å². The molecule has 0 aromatic carbocycles. The highest BCUT2D eigenvalue weighted by molar-refractivity contribution is 5.80. The number of rotatable bonds is 5. The number of amides is 2. The van der Waals surface area contributed by atoms with Crippen LogP contribution in [0.3, 0.4) is 0 Å². The van der Waals surface area contributed by atoms with Gasteiger partial charge in [-0.25, -0.2) is 0 Å². The van der Waals surface area contributed by atoms with Crippen LogP contribution in [0.2, 0.25) is 0 Å². The fourth-order valence-electron chi connectivity index (χ4n) is 2.24. The molecule has 5 heteroatoms. The summed E-state index contributed by atoms with van der Waals surface area (Å²) < 4.78 is 0. The van der Waals surface area contributed by atoms with Gasteiger partial charge in [0, 0.05) is 12.0 Å². The second kappa shape index (κ2) is 6.89. The first-order valence-corrected chi connectivity index (χ1v) is 7.16. The second-order valence-electron chi connectivity index (χ2n) is 5.93. The van der Waals surface area contributed by atoms with E-state index in [4.69, 9.17) is 5.73 Å². The molecule has 0 aromatic rings. The predicted octanol–water partition coefficient (Wildman–Crippen LogP) is 0.733. The van der Waals surface area contributed by atoms with Crippen LogP contribution in [0.4, 0.5) is 0 Å². The molecule has 1 aliphatic rings. The normalized spacial score (nSPS) is 21.1. The van der Waals surface area contributed by atoms with Crippen molar-refractivity contribution in [2.45, 2.75) is 52.6 Å². The van der Waals surface area contributed by atoms with Gasteiger partial charge in [-0.2, -0.15) is 0 Å². The molecule has 110 valence electrons. The minimum Gasteiger partial charge on any atom is -0.368 e. The van der Waals surface area contributed by atoms with E-state index in [1.165, 1.54) is 0 Å². The number of nitrogens with two attached hydrogens (primary N) is 1. The zero-order valence-electron chi connectivity index (χ0n) is 12.5. The highest BCUT2D eigenvalue weighted by Gasteiger charge is 2.29. The van der Waals surface area contributed by atoms with Crippen molar-refractivity contribution in [1.82, 2.24) is 10.2 Å². The molecule has 3 N–H and O–H groups in total. The predicted molar refractivity (Wildman–Crippen MR) is 75.4 cm³/mol. The van der Waals surface area contributed by atoms with E-state index in [0.717, 1.165) is 25.9 Å². The van der Waals surface area contributed by atoms with Crippen LogP contribution in [0.15, 0.2) is 0 Å². The second-order valence-corrected chi connectivity index (χ2v) is 5.93. The van der Waals surface area contributed by atoms with E-state index in [-0.39, 0.29) is 29.8 Å². The standard InChI is InChI=1S/C14H27N3O2/c1-9(2)10(3)16-14(19)12-5-7-17(8-6-12)11(4)13(15)18/h9-12H,5-8H2,1-4H3,(H2,15,18)(H,16,19)/t10-,11-/m0/s1. The van der Waals surface area contributed by atoms with Crippen molar-refractivity contribution in [3.63, 3.8) is 0 Å². The summed E-state index contributed by atoms with van der Waals surface area (Å²) in [5.41, 5.74) is 5.30. The molecule has 5 nitrogen and oxygen atoms in total. The van der Waals surface area contributed by atoms with Crippen molar-refractivity contribution in [1.29, 1.82) is 0 Å². The molecule has 0 spiro atoms. The topological polar surface area (TPSA) is 75.4 Å². The quantitative estimate of drug-likeness (QED) is 0.772. The van der Waals surface area contributed by atoms with Crippen molar-refractivity contribution in [3.8, 4) is 0 Å². The SMILES string of the molecule is CC(C)[C@H](C)NC(=O)C1CCN([C@@H](C)C(N)=O)CC1. The van der Waals surface area contributed by atoms with Crippen LogP contribution in [0.5, 0.6) is 0 Å². The molecule has 0 unspecified atom stereocenters. The first-order valence-electron chi connectivity index (χ1n) is 7.16. The Balaban J connectivity index is 2.41. The highest BCUT2D eigenvalue weighted by atomic mass is 16.2. The van der Waals surface area contributed by atoms with E-state index in [2.05, 4.69) is 24.1 Å². The monoisotopic (exact) mass is 269 g/mol. The van der Waals surface area contributed by atoms with Crippen molar-refractivity contribution in [2.75, 3.05) is 13.1 Å². The number of hydrogen-bond donors (Lipinski definition) is 2. The molecular formula is C14H27N3O2. The van der Waals surface area contributed by atoms with Gasteiger partial charge in [0.05, 0.1) is 6.04 Å². The van der Waals surface area contributed by atoms with Crippen molar-refractivity contribution in [3.05, 3.63) is 0 Å². The lowest BCUT2D eigenvalue weighted by atomic mass is 9.94. The number of carbonyl (C=O) groups excluding carboxylic acids is 2. The first kappa shape index (κ1) is 16.0. The Morgan fingerprint density at radius 3 is 2.11 bits per heavy atom. The Kier molecular flexibility index (Phi) is 5.79. The summed E-state index contributed by atoms with van der Waals surface area (Å²) in [7, 11) is 0. The van der Waals surface area contributed by atoms with Crippen LogP contribution in [-0.2, 0) is 9.59 Å². The van der Waals surface area contributed by atoms with Crippen LogP contribution in [0, 0.1) is 11.8 Å². The maximum absolute atomic E-state index is 12.1. The summed E-state index contributed by atoms with van der Waals surface area (Å²) >= 11 is 0. The summed E-state index contributed by atoms with van der Waals surface area (Å²) in [5.74, 6) is 0.361. The van der Waals surface area contributed by atoms with Gasteiger partial charge in [-0.15, -0.1) is 0 Å². The summed E-state index contributed by atoms with van der Waals surface area (Å²) in [6.07, 6.45) is 1.60. The molecule has 0 aromatic heterocycles. The van der Waals surface area contributed by atoms with Crippen molar-refractivity contribution >= 4 is 11.8 Å². The molecule has 0 saturated carbocycles. The Labute approximate surface area is 115 Å². The number of hydrogen-bond acceptors (Lipinski definition) is 3. The lowest BCUT2D eigenvalue weighted by Crippen LogP contribution is -2.49. The highest BCUT2D eigenvalue weighted by Crippen LogP contribution is 2.19. The summed E-state index contributed by atoms with van der Waals surface area (Å²) in [4.78, 5) is 25.3. The molecule has 1 fully saturated rings. The fourth-order valence-corrected chi connectivity index (χ4v) is 2.24. The van der Waals surface area contributed by atoms with Crippen LogP contribution in [0.1, 0.15) is 40.5 Å². The van der Waals surface area contributed by atoms with Gasteiger partial charge in [0.2, 0.25) is 11.8 Å². The smallest absolute Gasteiger partial charge is 0.234 e. The van der Waals surface area contributed by atoms with Gasteiger partial charge in [-0.3, -0.25) is 14.5 Å². The van der Waals surface area contributed by atoms with Crippen LogP contribution in [-0.4, -0.2) is 41.9 Å². The Hall–Kier alpha value is -1.10. The zero-order valence-corrected chi connectivity index (χ0v) is 12.5. The van der Waals surface area contributed by atoms with E-state index < -0.39 is 0 Å². The average Bonchev–Trinajstić information content (AvgIpc) is 2.37. The van der Waals surface area contributed by atoms with Gasteiger partial charge in [0.15, 0.2) is 0 Å². The maximum Gasteiger partial charge on any atom is 0.234 e. The number of likely N-dealkylation sites (tertiary alicyclic amines) is 1. The van der Waals surface area contributed by atoms with E-state index in [1.807, 2.05) is 13.8 Å². The molecule has 1 aliphatic heterocycles. The number of primary amides is 1. The number of piperidine rings is 1. The lowest BCUT2D eigenvalue weighted by Gasteiger charge is -2.34. The van der Waals surface area contributed by atoms with E-state index in [9.17, 15) is 9.59 Å². The molecule has 1 saturated heterocycles. The lowest BCUT2D eigenvalue weighted by molar-refractivity contribution is -0.128. The van der Waals surface area contributed by atoms with Gasteiger partial charge in [-0.05, 0) is 45.7 Å². The molecule has 19 heavy (non-hydrogen) atoms. The third-order valence-electron chi connectivity index (χ3n) is 4.23. The zero-order chi connectivity index (χ0) is 14.6. The third-order valence-corrected chi connectivity index (χ3v) is 4.23. The summed E-state index contributed by atoms with van der Waals surface area (Å²) in [6, 6.07) is -0.0336. The summed E-state index contributed by atoms with van der Waals surface area (Å²) in [5, 5.41) is 3.07. The Morgan fingerprint density at radius 2 is 1.68 bits per heavy atom. The van der Waals surface area contributed by atoms with Crippen molar-refractivity contribution < 1.29 is 9.59 Å². The molecule has 2 amide bonds. The number of nitrogens with zero attached hydrogens (tertiary/aromatic N) is 1. The van der Waals surface area contributed by atoms with Gasteiger partial charge in [0.1, 0.15) is 0 Å². The number of carbonyl (C=O) groups is 2. The Morgan fingerprint density at radius 1 is 1.16 bits per heavy atom. The minimum absolute atomic E-state index is 0.0672. The first-order chi connectivity index (χ1) is 8.82. The molecule has 0 radical (unpaired) electrons. The maximum atomic E-state index is 12.1. The number of nitrogens with one attached hydrogen (secondary N) is 1. The van der Waals surface area contributed by atoms with Crippen LogP contribution < -0.4 is 11.1 Å². The van der Waals surface area contributed by atoms with Gasteiger partial charge in [0.25, 0.3) is 0 Å². The van der Waals surface area contributed by atoms with E-state index in [0.29, 0.717) is 5.92 Å². The molecule has 0 bridgehead atoms. The largest absolute Gasteiger partial charge is 0.368 e. The van der Waals surface area contributed by atoms with Crippen molar-refractivity contribution in [2.24, 2.45) is 17.6 Å². The minimum atomic E-state index is -0.295. The molecule has 1 heterocycles. The molecule has 1 rings (SSSR count). The fraction of sp³-hybridized carbons (Fsp3) is 0.857. The van der Waals surface area contributed by atoms with Crippen LogP contribution >= 0.6 is 0 Å². The van der Waals surface area contributed by atoms with Crippen LogP contribution in [0.25, 0.3) is 0 Å². The molecule has 2 atom stereocenters. The molecular weight excluding hydrogens is 242 g/mol. The summed E-state index contributed by atoms with van der Waals surface area (Å²) in [6.45, 7) is 9.58. The Bertz CT molecular complexity index is 323. The molecule has 0 aliphatic carbocycles. The van der Waals surface area contributed by atoms with Gasteiger partial charge >= 0.3 is 0 Å². The van der Waals surface area contributed by atoms with E-state index >= 15 is 0 Å². The average molecular weight is 269 g/mol.